The van der Waals surface area contributed by atoms with Crippen molar-refractivity contribution < 1.29 is 9.90 Å². The largest absolute Gasteiger partial charge is 0.508 e. The molecule has 0 radical (unpaired) electrons. The Labute approximate surface area is 133 Å². The molecule has 0 atom stereocenters. The second-order valence-electron chi connectivity index (χ2n) is 5.36. The number of primary amides is 1. The summed E-state index contributed by atoms with van der Waals surface area (Å²) >= 11 is 0. The molecule has 0 unspecified atom stereocenters. The summed E-state index contributed by atoms with van der Waals surface area (Å²) in [6.07, 6.45) is 5.32. The molecule has 0 bridgehead atoms. The average molecular weight is 311 g/mol. The summed E-state index contributed by atoms with van der Waals surface area (Å²) in [4.78, 5) is 15.3. The van der Waals surface area contributed by atoms with Gasteiger partial charge in [-0.3, -0.25) is 14.5 Å². The number of aromatic nitrogens is 2. The van der Waals surface area contributed by atoms with Gasteiger partial charge in [0.25, 0.3) is 0 Å². The minimum absolute atomic E-state index is 0.00777. The molecule has 2 heterocycles. The zero-order valence-corrected chi connectivity index (χ0v) is 12.7. The Kier molecular flexibility index (Phi) is 3.84. The van der Waals surface area contributed by atoms with Crippen molar-refractivity contribution in [2.45, 2.75) is 13.5 Å². The monoisotopic (exact) mass is 311 g/mol. The van der Waals surface area contributed by atoms with Crippen molar-refractivity contribution in [3.05, 3.63) is 41.6 Å². The number of carbonyl (C=O) groups excluding carboxylic acids is 1. The van der Waals surface area contributed by atoms with Crippen molar-refractivity contribution in [1.82, 2.24) is 15.1 Å². The van der Waals surface area contributed by atoms with Gasteiger partial charge in [-0.05, 0) is 36.8 Å². The van der Waals surface area contributed by atoms with Crippen molar-refractivity contribution in [3.8, 4) is 17.0 Å². The fraction of sp³-hybridized carbons (Fsp3) is 0.188. The maximum absolute atomic E-state index is 11.2. The first-order chi connectivity index (χ1) is 11.0. The van der Waals surface area contributed by atoms with Crippen LogP contribution in [0.3, 0.4) is 0 Å². The summed E-state index contributed by atoms with van der Waals surface area (Å²) in [6, 6.07) is 5.25. The van der Waals surface area contributed by atoms with E-state index in [1.165, 1.54) is 4.68 Å². The van der Waals surface area contributed by atoms with E-state index in [0.29, 0.717) is 12.4 Å². The van der Waals surface area contributed by atoms with Gasteiger partial charge in [-0.2, -0.15) is 5.10 Å². The molecule has 0 spiro atoms. The Morgan fingerprint density at radius 2 is 2.26 bits per heavy atom. The molecule has 1 aliphatic heterocycles. The van der Waals surface area contributed by atoms with E-state index >= 15 is 0 Å². The van der Waals surface area contributed by atoms with E-state index in [2.05, 4.69) is 15.4 Å². The number of carbonyl (C=O) groups is 1. The number of aliphatic imine (C=N–C) groups is 1. The van der Waals surface area contributed by atoms with E-state index in [1.54, 1.807) is 24.5 Å². The summed E-state index contributed by atoms with van der Waals surface area (Å²) in [7, 11) is 0. The number of amides is 1. The predicted octanol–water partition coefficient (Wildman–Crippen LogP) is 1.02. The first kappa shape index (κ1) is 14.8. The number of phenolic OH excluding ortho intramolecular Hbond substituents is 1. The van der Waals surface area contributed by atoms with Crippen LogP contribution in [0.15, 0.2) is 35.5 Å². The van der Waals surface area contributed by atoms with E-state index in [9.17, 15) is 9.90 Å². The average Bonchev–Trinajstić information content (AvgIpc) is 2.90. The van der Waals surface area contributed by atoms with Gasteiger partial charge in [0.1, 0.15) is 24.7 Å². The van der Waals surface area contributed by atoms with E-state index < -0.39 is 5.91 Å². The van der Waals surface area contributed by atoms with Gasteiger partial charge in [-0.25, -0.2) is 0 Å². The van der Waals surface area contributed by atoms with Crippen molar-refractivity contribution in [1.29, 1.82) is 0 Å². The highest BCUT2D eigenvalue weighted by Crippen LogP contribution is 2.30. The summed E-state index contributed by atoms with van der Waals surface area (Å²) in [5, 5.41) is 17.5. The third kappa shape index (κ3) is 3.23. The second-order valence-corrected chi connectivity index (χ2v) is 5.36. The number of nitrogens with one attached hydrogen (secondary N) is 1. The minimum atomic E-state index is -0.468. The number of benzene rings is 1. The number of nitrogens with zero attached hydrogens (tertiary/aromatic N) is 3. The lowest BCUT2D eigenvalue weighted by Crippen LogP contribution is -2.19. The van der Waals surface area contributed by atoms with Crippen molar-refractivity contribution in [3.63, 3.8) is 0 Å². The molecular formula is C16H17N5O2. The molecule has 1 amide bonds. The molecule has 2 aromatic rings. The highest BCUT2D eigenvalue weighted by Gasteiger charge is 2.17. The van der Waals surface area contributed by atoms with Gasteiger partial charge in [0.15, 0.2) is 0 Å². The Hall–Kier alpha value is -3.09. The number of hydrogen-bond donors (Lipinski definition) is 3. The molecule has 23 heavy (non-hydrogen) atoms. The molecule has 1 aromatic carbocycles. The molecule has 4 N–H and O–H groups in total. The molecule has 0 aliphatic carbocycles. The van der Waals surface area contributed by atoms with Gasteiger partial charge < -0.3 is 16.2 Å². The number of nitrogens with two attached hydrogens (primary N) is 1. The quantitative estimate of drug-likeness (QED) is 0.784. The molecule has 0 fully saturated rings. The van der Waals surface area contributed by atoms with E-state index in [0.717, 1.165) is 22.4 Å². The van der Waals surface area contributed by atoms with E-state index in [1.807, 2.05) is 19.1 Å². The number of allylic oxidation sites excluding steroid dienone is 1. The molecule has 3 rings (SSSR count). The lowest BCUT2D eigenvalue weighted by molar-refractivity contribution is -0.118. The second kappa shape index (κ2) is 5.96. The van der Waals surface area contributed by atoms with Crippen LogP contribution in [0.2, 0.25) is 0 Å². The van der Waals surface area contributed by atoms with Crippen molar-refractivity contribution in [2.75, 3.05) is 6.67 Å². The van der Waals surface area contributed by atoms with Crippen LogP contribution in [0.4, 0.5) is 0 Å². The molecule has 1 aliphatic rings. The minimum Gasteiger partial charge on any atom is -0.508 e. The molecule has 118 valence electrons. The number of hydrogen-bond acceptors (Lipinski definition) is 5. The maximum atomic E-state index is 11.2. The van der Waals surface area contributed by atoms with Crippen LogP contribution in [0.5, 0.6) is 5.75 Å². The van der Waals surface area contributed by atoms with Crippen LogP contribution < -0.4 is 11.1 Å². The molecule has 7 heteroatoms. The molecule has 7 nitrogen and oxygen atoms in total. The number of aryl methyl sites for hydroxylation is 1. The Morgan fingerprint density at radius 3 is 2.91 bits per heavy atom. The lowest BCUT2D eigenvalue weighted by atomic mass is 10.0. The van der Waals surface area contributed by atoms with Crippen LogP contribution in [-0.2, 0) is 11.3 Å². The van der Waals surface area contributed by atoms with Crippen molar-refractivity contribution in [2.24, 2.45) is 10.7 Å². The molecular weight excluding hydrogens is 294 g/mol. The van der Waals surface area contributed by atoms with E-state index in [-0.39, 0.29) is 12.3 Å². The van der Waals surface area contributed by atoms with Gasteiger partial charge in [0, 0.05) is 29.2 Å². The summed E-state index contributed by atoms with van der Waals surface area (Å²) in [5.74, 6) is -0.299. The highest BCUT2D eigenvalue weighted by atomic mass is 16.3. The lowest BCUT2D eigenvalue weighted by Gasteiger charge is -2.12. The Bertz CT molecular complexity index is 800. The third-order valence-corrected chi connectivity index (χ3v) is 3.41. The van der Waals surface area contributed by atoms with Crippen molar-refractivity contribution >= 4 is 17.8 Å². The normalized spacial score (nSPS) is 13.5. The zero-order chi connectivity index (χ0) is 16.4. The maximum Gasteiger partial charge on any atom is 0.239 e. The number of aromatic hydroxyl groups is 1. The smallest absolute Gasteiger partial charge is 0.239 e. The van der Waals surface area contributed by atoms with Gasteiger partial charge in [0.2, 0.25) is 5.91 Å². The molecule has 1 aromatic heterocycles. The van der Waals surface area contributed by atoms with Gasteiger partial charge in [-0.1, -0.05) is 0 Å². The van der Waals surface area contributed by atoms with E-state index in [4.69, 9.17) is 5.73 Å². The third-order valence-electron chi connectivity index (χ3n) is 3.41. The summed E-state index contributed by atoms with van der Waals surface area (Å²) in [5.41, 5.74) is 9.29. The number of rotatable bonds is 4. The molecule has 0 saturated heterocycles. The topological polar surface area (TPSA) is 106 Å². The van der Waals surface area contributed by atoms with Gasteiger partial charge in [-0.15, -0.1) is 0 Å². The summed E-state index contributed by atoms with van der Waals surface area (Å²) < 4.78 is 1.50. The zero-order valence-electron chi connectivity index (χ0n) is 12.7. The Balaban J connectivity index is 2.13. The standard InChI is InChI=1S/C16H17N5O2/c1-10-4-11(6-12(22)5-10)16-13(14-2-3-18-9-19-14)7-21(20-16)8-15(17)23/h2-7,19,22H,8-9H2,1H3,(H2,17,23). The summed E-state index contributed by atoms with van der Waals surface area (Å²) in [6.45, 7) is 2.37. The molecule has 0 saturated carbocycles. The van der Waals surface area contributed by atoms with Crippen LogP contribution in [0, 0.1) is 6.92 Å². The van der Waals surface area contributed by atoms with Gasteiger partial charge >= 0.3 is 0 Å². The highest BCUT2D eigenvalue weighted by molar-refractivity contribution is 5.89. The van der Waals surface area contributed by atoms with Crippen LogP contribution in [0.25, 0.3) is 17.0 Å². The fourth-order valence-corrected chi connectivity index (χ4v) is 2.53. The van der Waals surface area contributed by atoms with Gasteiger partial charge in [0.05, 0.1) is 0 Å². The predicted molar refractivity (Wildman–Crippen MR) is 87.7 cm³/mol. The van der Waals surface area contributed by atoms with Crippen LogP contribution in [0.1, 0.15) is 11.1 Å². The Morgan fingerprint density at radius 1 is 1.43 bits per heavy atom. The number of phenols is 1. The van der Waals surface area contributed by atoms with Crippen LogP contribution >= 0.6 is 0 Å². The fourth-order valence-electron chi connectivity index (χ4n) is 2.53. The first-order valence-corrected chi connectivity index (χ1v) is 7.14. The first-order valence-electron chi connectivity index (χ1n) is 7.14. The van der Waals surface area contributed by atoms with Crippen LogP contribution in [-0.4, -0.2) is 33.7 Å². The SMILES string of the molecule is Cc1cc(O)cc(-c2nn(CC(N)=O)cc2C2=CC=NCN2)c1.